The van der Waals surface area contributed by atoms with Crippen molar-refractivity contribution in [1.82, 2.24) is 9.97 Å². The maximum atomic E-state index is 14.9. The summed E-state index contributed by atoms with van der Waals surface area (Å²) in [6.45, 7) is 6.09. The van der Waals surface area contributed by atoms with Crippen LogP contribution in [0.4, 0.5) is 20.4 Å². The first-order valence-corrected chi connectivity index (χ1v) is 14.4. The third-order valence-corrected chi connectivity index (χ3v) is 7.40. The number of nitrogens with zero attached hydrogens (tertiary/aromatic N) is 3. The van der Waals surface area contributed by atoms with Crippen LogP contribution in [0.15, 0.2) is 47.0 Å². The van der Waals surface area contributed by atoms with Gasteiger partial charge in [-0.05, 0) is 69.9 Å². The molecule has 7 nitrogen and oxygen atoms in total. The molecule has 2 aromatic heterocycles. The normalized spacial score (nSPS) is 17.5. The van der Waals surface area contributed by atoms with E-state index in [-0.39, 0.29) is 29.2 Å². The molecule has 10 heteroatoms. The van der Waals surface area contributed by atoms with Crippen LogP contribution >= 0.6 is 0 Å². The number of rotatable bonds is 3. The second kappa shape index (κ2) is 11.4. The third kappa shape index (κ3) is 7.38. The summed E-state index contributed by atoms with van der Waals surface area (Å²) in [5.41, 5.74) is 1.39. The summed E-state index contributed by atoms with van der Waals surface area (Å²) in [5.74, 6) is 0.585. The van der Waals surface area contributed by atoms with Gasteiger partial charge < -0.3 is 14.8 Å². The van der Waals surface area contributed by atoms with Crippen molar-refractivity contribution in [2.24, 2.45) is 4.36 Å². The molecule has 3 heterocycles. The van der Waals surface area contributed by atoms with Crippen LogP contribution in [0, 0.1) is 11.6 Å². The van der Waals surface area contributed by atoms with E-state index < -0.39 is 21.4 Å². The van der Waals surface area contributed by atoms with Crippen LogP contribution in [0.25, 0.3) is 11.1 Å². The zero-order valence-corrected chi connectivity index (χ0v) is 22.3. The molecule has 2 atom stereocenters. The van der Waals surface area contributed by atoms with Gasteiger partial charge in [-0.3, -0.25) is 0 Å². The summed E-state index contributed by atoms with van der Waals surface area (Å²) in [7, 11) is -2.48. The number of aromatic nitrogens is 2. The van der Waals surface area contributed by atoms with Crippen LogP contribution in [-0.4, -0.2) is 39.2 Å². The first-order valence-electron chi connectivity index (χ1n) is 12.3. The molecule has 0 saturated carbocycles. The van der Waals surface area contributed by atoms with Gasteiger partial charge in [0.1, 0.15) is 29.0 Å². The van der Waals surface area contributed by atoms with E-state index in [2.05, 4.69) is 19.6 Å². The van der Waals surface area contributed by atoms with E-state index in [4.69, 9.17) is 9.47 Å². The Balaban J connectivity index is 1.78. The molecular weight excluding hydrogens is 498 g/mol. The molecule has 1 N–H and O–H groups in total. The lowest BCUT2D eigenvalue weighted by Gasteiger charge is -2.18. The number of halogens is 2. The van der Waals surface area contributed by atoms with E-state index >= 15 is 0 Å². The number of hydrogen-bond donors (Lipinski definition) is 1. The molecule has 1 unspecified atom stereocenters. The van der Waals surface area contributed by atoms with Crippen LogP contribution in [-0.2, 0) is 15.5 Å². The van der Waals surface area contributed by atoms with E-state index in [1.54, 1.807) is 18.4 Å². The molecule has 4 rings (SSSR count). The Morgan fingerprint density at radius 3 is 2.73 bits per heavy atom. The fourth-order valence-corrected chi connectivity index (χ4v) is 5.97. The minimum atomic E-state index is -2.48. The van der Waals surface area contributed by atoms with Crippen molar-refractivity contribution in [3.05, 3.63) is 59.8 Å². The predicted octanol–water partition coefficient (Wildman–Crippen LogP) is 6.50. The Labute approximate surface area is 216 Å². The van der Waals surface area contributed by atoms with Crippen molar-refractivity contribution in [1.29, 1.82) is 0 Å². The molecule has 1 aliphatic heterocycles. The second-order valence-electron chi connectivity index (χ2n) is 9.59. The molecule has 0 amide bonds. The average molecular weight is 531 g/mol. The highest BCUT2D eigenvalue weighted by atomic mass is 32.2. The average Bonchev–Trinajstić information content (AvgIpc) is 2.78. The van der Waals surface area contributed by atoms with Gasteiger partial charge in [0, 0.05) is 39.2 Å². The zero-order chi connectivity index (χ0) is 26.6. The monoisotopic (exact) mass is 530 g/mol. The molecule has 1 aliphatic rings. The highest BCUT2D eigenvalue weighted by Crippen LogP contribution is 2.34. The lowest BCUT2D eigenvalue weighted by atomic mass is 10.0. The number of pyridine rings is 2. The molecule has 4 bridgehead atoms. The van der Waals surface area contributed by atoms with Crippen LogP contribution in [0.3, 0.4) is 0 Å². The van der Waals surface area contributed by atoms with Crippen molar-refractivity contribution in [3.63, 3.8) is 0 Å². The highest BCUT2D eigenvalue weighted by molar-refractivity contribution is 7.92. The number of nitrogens with one attached hydrogen (secondary N) is 1. The zero-order valence-electron chi connectivity index (χ0n) is 21.5. The summed E-state index contributed by atoms with van der Waals surface area (Å²) in [5, 5.41) is 3.11. The second-order valence-corrected chi connectivity index (χ2v) is 12.0. The maximum Gasteiger partial charge on any atom is 0.215 e. The summed E-state index contributed by atoms with van der Waals surface area (Å²) >= 11 is 0. The van der Waals surface area contributed by atoms with Crippen LogP contribution < -0.4 is 14.8 Å². The highest BCUT2D eigenvalue weighted by Gasteiger charge is 2.17. The van der Waals surface area contributed by atoms with Crippen LogP contribution in [0.5, 0.6) is 11.6 Å². The van der Waals surface area contributed by atoms with Crippen molar-refractivity contribution >= 4 is 21.4 Å². The smallest absolute Gasteiger partial charge is 0.215 e. The van der Waals surface area contributed by atoms with E-state index in [1.165, 1.54) is 24.3 Å². The molecule has 0 fully saturated rings. The Kier molecular flexibility index (Phi) is 8.26. The van der Waals surface area contributed by atoms with Gasteiger partial charge in [0.2, 0.25) is 5.88 Å². The Bertz CT molecular complexity index is 1390. The molecule has 198 valence electrons. The van der Waals surface area contributed by atoms with Crippen molar-refractivity contribution in [3.8, 4) is 22.8 Å². The van der Waals surface area contributed by atoms with Crippen molar-refractivity contribution < 1.29 is 22.5 Å². The SMILES string of the molecule is CC(C)N=S(C)(=O)Cc1cc2nc(c1)O[C@@H](C)CCCCOc1cc(F)ccc1-c1cc(ncc1F)N2. The van der Waals surface area contributed by atoms with E-state index in [0.717, 1.165) is 24.6 Å². The van der Waals surface area contributed by atoms with E-state index in [0.29, 0.717) is 36.1 Å². The lowest BCUT2D eigenvalue weighted by molar-refractivity contribution is 0.194. The molecule has 0 saturated heterocycles. The number of benzene rings is 1. The number of hydrogen-bond acceptors (Lipinski definition) is 7. The van der Waals surface area contributed by atoms with Gasteiger partial charge in [-0.25, -0.2) is 22.3 Å². The predicted molar refractivity (Wildman–Crippen MR) is 142 cm³/mol. The van der Waals surface area contributed by atoms with Gasteiger partial charge in [0.25, 0.3) is 0 Å². The Hall–Kier alpha value is -3.27. The summed E-state index contributed by atoms with van der Waals surface area (Å²) < 4.78 is 58.3. The van der Waals surface area contributed by atoms with Gasteiger partial charge in [-0.1, -0.05) is 0 Å². The third-order valence-electron chi connectivity index (χ3n) is 5.66. The standard InChI is InChI=1S/C27H32F2N4O3S/c1-17(2)33-37(4,34)16-19-11-26-31-25-14-22(23(29)15-30-25)21-9-8-20(28)13-24(21)35-10-6-5-7-18(3)36-27(12-19)32-26/h8-9,11-15,17-18H,5-7,10,16H2,1-4H3,(H,30,31,32)/t18-,37?/m0/s1. The molecule has 3 aromatic rings. The minimum absolute atomic E-state index is 0.0617. The molecule has 0 aliphatic carbocycles. The Morgan fingerprint density at radius 2 is 1.95 bits per heavy atom. The molecular formula is C27H32F2N4O3S. The molecule has 0 radical (unpaired) electrons. The molecule has 37 heavy (non-hydrogen) atoms. The number of fused-ring (bicyclic) bond motifs is 6. The van der Waals surface area contributed by atoms with Crippen molar-refractivity contribution in [2.75, 3.05) is 18.2 Å². The summed E-state index contributed by atoms with van der Waals surface area (Å²) in [4.78, 5) is 8.73. The van der Waals surface area contributed by atoms with E-state index in [1.807, 2.05) is 20.8 Å². The quantitative estimate of drug-likeness (QED) is 0.416. The van der Waals surface area contributed by atoms with Gasteiger partial charge in [-0.15, -0.1) is 0 Å². The van der Waals surface area contributed by atoms with Gasteiger partial charge in [0.05, 0.1) is 30.7 Å². The lowest BCUT2D eigenvalue weighted by Crippen LogP contribution is -2.14. The number of ether oxygens (including phenoxy) is 2. The minimum Gasteiger partial charge on any atom is -0.493 e. The summed E-state index contributed by atoms with van der Waals surface area (Å²) in [6.07, 6.45) is 4.87. The fourth-order valence-electron chi connectivity index (χ4n) is 4.22. The molecule has 1 aromatic carbocycles. The van der Waals surface area contributed by atoms with Gasteiger partial charge in [-0.2, -0.15) is 4.98 Å². The van der Waals surface area contributed by atoms with Gasteiger partial charge in [0.15, 0.2) is 0 Å². The number of anilines is 2. The summed E-state index contributed by atoms with van der Waals surface area (Å²) in [6, 6.07) is 9.04. The molecule has 0 spiro atoms. The van der Waals surface area contributed by atoms with Crippen molar-refractivity contribution in [2.45, 2.75) is 57.9 Å². The maximum absolute atomic E-state index is 14.9. The van der Waals surface area contributed by atoms with Crippen LogP contribution in [0.2, 0.25) is 0 Å². The Morgan fingerprint density at radius 1 is 1.14 bits per heavy atom. The fraction of sp³-hybridized carbons (Fsp3) is 0.407. The topological polar surface area (TPSA) is 85.7 Å². The van der Waals surface area contributed by atoms with Crippen LogP contribution in [0.1, 0.15) is 45.6 Å². The van der Waals surface area contributed by atoms with E-state index in [9.17, 15) is 13.0 Å². The first kappa shape index (κ1) is 26.8. The van der Waals surface area contributed by atoms with Gasteiger partial charge >= 0.3 is 0 Å². The first-order chi connectivity index (χ1) is 17.6. The largest absolute Gasteiger partial charge is 0.493 e.